The van der Waals surface area contributed by atoms with Crippen LogP contribution in [0.5, 0.6) is 0 Å². The molecule has 15 heavy (non-hydrogen) atoms. The number of amides is 2. The van der Waals surface area contributed by atoms with Gasteiger partial charge in [0.25, 0.3) is 0 Å². The topological polar surface area (TPSA) is 58.2 Å². The summed E-state index contributed by atoms with van der Waals surface area (Å²) >= 11 is 0. The summed E-state index contributed by atoms with van der Waals surface area (Å²) in [6, 6.07) is -0.305. The number of hydrogen-bond donors (Lipinski definition) is 2. The van der Waals surface area contributed by atoms with E-state index in [0.29, 0.717) is 0 Å². The van der Waals surface area contributed by atoms with Crippen LogP contribution >= 0.6 is 0 Å². The lowest BCUT2D eigenvalue weighted by molar-refractivity contribution is -0.125. The van der Waals surface area contributed by atoms with Crippen LogP contribution in [-0.2, 0) is 4.79 Å². The summed E-state index contributed by atoms with van der Waals surface area (Å²) < 4.78 is 0. The second-order valence-electron chi connectivity index (χ2n) is 5.73. The largest absolute Gasteiger partial charge is 0.334 e. The van der Waals surface area contributed by atoms with Crippen LogP contribution in [0.15, 0.2) is 0 Å². The highest BCUT2D eigenvalue weighted by Crippen LogP contribution is 2.13. The summed E-state index contributed by atoms with van der Waals surface area (Å²) in [5, 5.41) is 5.27. The molecule has 4 nitrogen and oxygen atoms in total. The first-order chi connectivity index (χ1) is 6.52. The maximum Gasteiger partial charge on any atom is 0.315 e. The first kappa shape index (κ1) is 13.9. The Morgan fingerprint density at radius 3 is 1.80 bits per heavy atom. The van der Waals surface area contributed by atoms with Gasteiger partial charge in [0.05, 0.1) is 6.54 Å². The monoisotopic (exact) mass is 214 g/mol. The second-order valence-corrected chi connectivity index (χ2v) is 5.73. The first-order valence-corrected chi connectivity index (χ1v) is 5.12. The van der Waals surface area contributed by atoms with E-state index in [1.165, 1.54) is 0 Å². The lowest BCUT2D eigenvalue weighted by Gasteiger charge is -2.22. The van der Waals surface area contributed by atoms with Crippen LogP contribution in [0.4, 0.5) is 4.79 Å². The van der Waals surface area contributed by atoms with Crippen LogP contribution in [0, 0.1) is 5.41 Å². The Labute approximate surface area is 91.8 Å². The molecule has 0 aliphatic heterocycles. The van der Waals surface area contributed by atoms with Crippen molar-refractivity contribution >= 4 is 11.8 Å². The third-order valence-electron chi connectivity index (χ3n) is 1.73. The molecule has 0 heterocycles. The molecular weight excluding hydrogens is 192 g/mol. The van der Waals surface area contributed by atoms with Gasteiger partial charge < -0.3 is 10.6 Å². The van der Waals surface area contributed by atoms with Gasteiger partial charge in [0.2, 0.25) is 0 Å². The minimum absolute atomic E-state index is 0.0200. The predicted molar refractivity (Wildman–Crippen MR) is 60.7 cm³/mol. The Hall–Kier alpha value is -1.06. The van der Waals surface area contributed by atoms with Crippen molar-refractivity contribution in [2.24, 2.45) is 5.41 Å². The number of carbonyl (C=O) groups is 2. The maximum absolute atomic E-state index is 11.5. The molecule has 0 radical (unpaired) electrons. The lowest BCUT2D eigenvalue weighted by atomic mass is 9.91. The Morgan fingerprint density at radius 2 is 1.47 bits per heavy atom. The normalized spacial score (nSPS) is 12.1. The van der Waals surface area contributed by atoms with Gasteiger partial charge in [-0.15, -0.1) is 0 Å². The van der Waals surface area contributed by atoms with E-state index in [9.17, 15) is 9.59 Å². The average molecular weight is 214 g/mol. The van der Waals surface area contributed by atoms with E-state index in [1.807, 2.05) is 41.5 Å². The summed E-state index contributed by atoms with van der Waals surface area (Å²) in [4.78, 5) is 22.8. The standard InChI is InChI=1S/C11H22N2O2/c1-10(2,3)8(14)7-12-9(15)13-11(4,5)6/h7H2,1-6H3,(H2,12,13,15). The minimum atomic E-state index is -0.408. The highest BCUT2D eigenvalue weighted by Gasteiger charge is 2.22. The quantitative estimate of drug-likeness (QED) is 0.735. The third kappa shape index (κ3) is 6.94. The van der Waals surface area contributed by atoms with Crippen molar-refractivity contribution in [3.63, 3.8) is 0 Å². The second kappa shape index (κ2) is 4.64. The van der Waals surface area contributed by atoms with Crippen molar-refractivity contribution < 1.29 is 9.59 Å². The van der Waals surface area contributed by atoms with Crippen LogP contribution in [0.25, 0.3) is 0 Å². The highest BCUT2D eigenvalue weighted by atomic mass is 16.2. The number of hydrogen-bond acceptors (Lipinski definition) is 2. The summed E-state index contributed by atoms with van der Waals surface area (Å²) in [6.45, 7) is 11.2. The van der Waals surface area contributed by atoms with E-state index < -0.39 is 5.41 Å². The van der Waals surface area contributed by atoms with Crippen molar-refractivity contribution in [2.75, 3.05) is 6.54 Å². The predicted octanol–water partition coefficient (Wildman–Crippen LogP) is 1.70. The van der Waals surface area contributed by atoms with Crippen LogP contribution < -0.4 is 10.6 Å². The number of Topliss-reactive ketones (excluding diaryl/α,β-unsaturated/α-hetero) is 1. The van der Waals surface area contributed by atoms with Gasteiger partial charge in [-0.2, -0.15) is 0 Å². The molecule has 0 saturated carbocycles. The number of rotatable bonds is 2. The Morgan fingerprint density at radius 1 is 1.00 bits per heavy atom. The third-order valence-corrected chi connectivity index (χ3v) is 1.73. The molecule has 88 valence electrons. The number of urea groups is 1. The zero-order chi connectivity index (χ0) is 12.3. The van der Waals surface area contributed by atoms with Crippen molar-refractivity contribution in [1.82, 2.24) is 10.6 Å². The molecule has 0 saturated heterocycles. The van der Waals surface area contributed by atoms with E-state index in [4.69, 9.17) is 0 Å². The van der Waals surface area contributed by atoms with Gasteiger partial charge in [-0.25, -0.2) is 4.79 Å². The zero-order valence-corrected chi connectivity index (χ0v) is 10.5. The fourth-order valence-electron chi connectivity index (χ4n) is 0.811. The molecule has 2 N–H and O–H groups in total. The van der Waals surface area contributed by atoms with Crippen LogP contribution in [0.3, 0.4) is 0 Å². The molecule has 0 fully saturated rings. The molecular formula is C11H22N2O2. The fraction of sp³-hybridized carbons (Fsp3) is 0.818. The minimum Gasteiger partial charge on any atom is -0.334 e. The van der Waals surface area contributed by atoms with Gasteiger partial charge in [0.15, 0.2) is 5.78 Å². The Balaban J connectivity index is 3.98. The molecule has 0 aliphatic rings. The Kier molecular flexibility index (Phi) is 4.31. The number of nitrogens with one attached hydrogen (secondary N) is 2. The van der Waals surface area contributed by atoms with Crippen molar-refractivity contribution in [2.45, 2.75) is 47.1 Å². The summed E-state index contributed by atoms with van der Waals surface area (Å²) in [7, 11) is 0. The molecule has 0 aliphatic carbocycles. The van der Waals surface area contributed by atoms with Crippen LogP contribution in [0.2, 0.25) is 0 Å². The maximum atomic E-state index is 11.5. The molecule has 0 atom stereocenters. The molecule has 2 amide bonds. The molecule has 0 unspecified atom stereocenters. The Bertz CT molecular complexity index is 246. The summed E-state index contributed by atoms with van der Waals surface area (Å²) in [5.74, 6) is 0.0200. The van der Waals surface area contributed by atoms with E-state index in [1.54, 1.807) is 0 Å². The van der Waals surface area contributed by atoms with Crippen LogP contribution in [-0.4, -0.2) is 23.9 Å². The van der Waals surface area contributed by atoms with E-state index in [-0.39, 0.29) is 23.9 Å². The van der Waals surface area contributed by atoms with Gasteiger partial charge in [-0.05, 0) is 20.8 Å². The molecule has 0 rings (SSSR count). The fourth-order valence-corrected chi connectivity index (χ4v) is 0.811. The number of carbonyl (C=O) groups excluding carboxylic acids is 2. The molecule has 0 spiro atoms. The van der Waals surface area contributed by atoms with Crippen LogP contribution in [0.1, 0.15) is 41.5 Å². The van der Waals surface area contributed by atoms with Crippen molar-refractivity contribution in [1.29, 1.82) is 0 Å². The van der Waals surface area contributed by atoms with Gasteiger partial charge >= 0.3 is 6.03 Å². The molecule has 0 aromatic heterocycles. The molecule has 0 aromatic carbocycles. The molecule has 0 aromatic rings. The van der Waals surface area contributed by atoms with Crippen molar-refractivity contribution in [3.05, 3.63) is 0 Å². The summed E-state index contributed by atoms with van der Waals surface area (Å²) in [6.07, 6.45) is 0. The first-order valence-electron chi connectivity index (χ1n) is 5.12. The summed E-state index contributed by atoms with van der Waals surface area (Å²) in [5.41, 5.74) is -0.691. The van der Waals surface area contributed by atoms with Gasteiger partial charge in [0, 0.05) is 11.0 Å². The smallest absolute Gasteiger partial charge is 0.315 e. The van der Waals surface area contributed by atoms with E-state index >= 15 is 0 Å². The van der Waals surface area contributed by atoms with Gasteiger partial charge in [-0.1, -0.05) is 20.8 Å². The highest BCUT2D eigenvalue weighted by molar-refractivity contribution is 5.89. The van der Waals surface area contributed by atoms with E-state index in [0.717, 1.165) is 0 Å². The lowest BCUT2D eigenvalue weighted by Crippen LogP contribution is -2.48. The SMILES string of the molecule is CC(C)(C)NC(=O)NCC(=O)C(C)(C)C. The number of ketones is 1. The zero-order valence-electron chi connectivity index (χ0n) is 10.5. The molecule has 0 bridgehead atoms. The van der Waals surface area contributed by atoms with Gasteiger partial charge in [-0.3, -0.25) is 4.79 Å². The van der Waals surface area contributed by atoms with Gasteiger partial charge in [0.1, 0.15) is 0 Å². The van der Waals surface area contributed by atoms with Crippen molar-refractivity contribution in [3.8, 4) is 0 Å². The molecule has 4 heteroatoms. The average Bonchev–Trinajstić information content (AvgIpc) is 1.94. The van der Waals surface area contributed by atoms with E-state index in [2.05, 4.69) is 10.6 Å².